The fourth-order valence-electron chi connectivity index (χ4n) is 2.26. The van der Waals surface area contributed by atoms with Crippen LogP contribution in [0.25, 0.3) is 0 Å². The zero-order chi connectivity index (χ0) is 8.55. The summed E-state index contributed by atoms with van der Waals surface area (Å²) >= 11 is 0. The minimum Gasteiger partial charge on any atom is -0.329 e. The molecule has 0 bridgehead atoms. The zero-order valence-electron chi connectivity index (χ0n) is 8.00. The summed E-state index contributed by atoms with van der Waals surface area (Å²) in [5.41, 5.74) is 5.77. The highest BCUT2D eigenvalue weighted by atomic mass is 15.2. The van der Waals surface area contributed by atoms with Gasteiger partial charge in [0.1, 0.15) is 0 Å². The minimum absolute atomic E-state index is 0.729. The van der Waals surface area contributed by atoms with Crippen molar-refractivity contribution >= 4 is 0 Å². The fourth-order valence-corrected chi connectivity index (χ4v) is 2.26. The quantitative estimate of drug-likeness (QED) is 0.680. The van der Waals surface area contributed by atoms with E-state index in [4.69, 9.17) is 5.73 Å². The van der Waals surface area contributed by atoms with E-state index in [1.54, 1.807) is 0 Å². The molecule has 2 fully saturated rings. The molecule has 1 aliphatic carbocycles. The van der Waals surface area contributed by atoms with E-state index in [2.05, 4.69) is 11.8 Å². The second kappa shape index (κ2) is 3.35. The standard InChI is InChI=1S/C10H20N2/c1-2-8-6-12(7-8)10(5-11)9-3-4-9/h8-10H,2-7,11H2,1H3. The Bertz CT molecular complexity index is 148. The van der Waals surface area contributed by atoms with Gasteiger partial charge in [0.2, 0.25) is 0 Å². The molecule has 0 aromatic heterocycles. The summed E-state index contributed by atoms with van der Waals surface area (Å²) in [7, 11) is 0. The Hall–Kier alpha value is -0.0800. The molecule has 0 radical (unpaired) electrons. The van der Waals surface area contributed by atoms with E-state index in [1.165, 1.54) is 32.4 Å². The van der Waals surface area contributed by atoms with Crippen LogP contribution < -0.4 is 5.73 Å². The summed E-state index contributed by atoms with van der Waals surface area (Å²) in [5, 5.41) is 0. The predicted molar refractivity (Wildman–Crippen MR) is 50.9 cm³/mol. The van der Waals surface area contributed by atoms with E-state index in [1.807, 2.05) is 0 Å². The van der Waals surface area contributed by atoms with Crippen molar-refractivity contribution in [1.29, 1.82) is 0 Å². The maximum absolute atomic E-state index is 5.77. The molecule has 2 rings (SSSR count). The maximum Gasteiger partial charge on any atom is 0.0246 e. The van der Waals surface area contributed by atoms with Crippen molar-refractivity contribution in [2.75, 3.05) is 19.6 Å². The lowest BCUT2D eigenvalue weighted by Crippen LogP contribution is -2.55. The van der Waals surface area contributed by atoms with E-state index < -0.39 is 0 Å². The fraction of sp³-hybridized carbons (Fsp3) is 1.00. The first kappa shape index (κ1) is 8.52. The molecule has 0 aromatic rings. The monoisotopic (exact) mass is 168 g/mol. The van der Waals surface area contributed by atoms with Crippen molar-refractivity contribution < 1.29 is 0 Å². The average Bonchev–Trinajstić information content (AvgIpc) is 2.78. The predicted octanol–water partition coefficient (Wildman–Crippen LogP) is 1.07. The van der Waals surface area contributed by atoms with Crippen LogP contribution in [0.2, 0.25) is 0 Å². The van der Waals surface area contributed by atoms with Crippen LogP contribution in [0.3, 0.4) is 0 Å². The van der Waals surface area contributed by atoms with Gasteiger partial charge in [0, 0.05) is 25.7 Å². The lowest BCUT2D eigenvalue weighted by atomic mass is 9.94. The van der Waals surface area contributed by atoms with Crippen LogP contribution in [0.1, 0.15) is 26.2 Å². The van der Waals surface area contributed by atoms with Crippen LogP contribution in [-0.4, -0.2) is 30.6 Å². The molecule has 1 unspecified atom stereocenters. The molecule has 12 heavy (non-hydrogen) atoms. The van der Waals surface area contributed by atoms with Gasteiger partial charge in [-0.25, -0.2) is 0 Å². The van der Waals surface area contributed by atoms with Gasteiger partial charge in [0.15, 0.2) is 0 Å². The highest BCUT2D eigenvalue weighted by Crippen LogP contribution is 2.37. The summed E-state index contributed by atoms with van der Waals surface area (Å²) in [5.74, 6) is 1.92. The molecule has 2 heteroatoms. The Balaban J connectivity index is 1.76. The molecule has 2 N–H and O–H groups in total. The lowest BCUT2D eigenvalue weighted by molar-refractivity contribution is 0.0443. The maximum atomic E-state index is 5.77. The van der Waals surface area contributed by atoms with Crippen molar-refractivity contribution in [3.63, 3.8) is 0 Å². The van der Waals surface area contributed by atoms with Gasteiger partial charge in [-0.3, -0.25) is 4.90 Å². The zero-order valence-corrected chi connectivity index (χ0v) is 8.00. The summed E-state index contributed by atoms with van der Waals surface area (Å²) in [4.78, 5) is 2.59. The molecule has 2 aliphatic rings. The number of hydrogen-bond acceptors (Lipinski definition) is 2. The van der Waals surface area contributed by atoms with Crippen LogP contribution in [-0.2, 0) is 0 Å². The van der Waals surface area contributed by atoms with Crippen LogP contribution in [0.15, 0.2) is 0 Å². The Morgan fingerprint density at radius 1 is 1.42 bits per heavy atom. The van der Waals surface area contributed by atoms with E-state index in [-0.39, 0.29) is 0 Å². The summed E-state index contributed by atoms with van der Waals surface area (Å²) in [6.07, 6.45) is 4.20. The van der Waals surface area contributed by atoms with Crippen LogP contribution >= 0.6 is 0 Å². The minimum atomic E-state index is 0.729. The number of hydrogen-bond donors (Lipinski definition) is 1. The lowest BCUT2D eigenvalue weighted by Gasteiger charge is -2.44. The Kier molecular flexibility index (Phi) is 2.37. The van der Waals surface area contributed by atoms with E-state index in [9.17, 15) is 0 Å². The molecule has 0 aromatic carbocycles. The molecule has 2 nitrogen and oxygen atoms in total. The molecule has 1 atom stereocenters. The first-order valence-electron chi connectivity index (χ1n) is 5.29. The highest BCUT2D eigenvalue weighted by molar-refractivity contribution is 4.93. The van der Waals surface area contributed by atoms with Crippen LogP contribution in [0.4, 0.5) is 0 Å². The largest absolute Gasteiger partial charge is 0.329 e. The van der Waals surface area contributed by atoms with Crippen LogP contribution in [0.5, 0.6) is 0 Å². The van der Waals surface area contributed by atoms with Gasteiger partial charge >= 0.3 is 0 Å². The second-order valence-electron chi connectivity index (χ2n) is 4.37. The number of nitrogens with zero attached hydrogens (tertiary/aromatic N) is 1. The van der Waals surface area contributed by atoms with Crippen molar-refractivity contribution in [1.82, 2.24) is 4.90 Å². The Morgan fingerprint density at radius 2 is 2.08 bits per heavy atom. The first-order valence-corrected chi connectivity index (χ1v) is 5.29. The number of rotatable bonds is 4. The molecular weight excluding hydrogens is 148 g/mol. The molecule has 1 heterocycles. The van der Waals surface area contributed by atoms with E-state index in [0.29, 0.717) is 0 Å². The molecule has 1 saturated carbocycles. The van der Waals surface area contributed by atoms with E-state index >= 15 is 0 Å². The highest BCUT2D eigenvalue weighted by Gasteiger charge is 2.39. The van der Waals surface area contributed by atoms with Crippen molar-refractivity contribution in [2.24, 2.45) is 17.6 Å². The molecular formula is C10H20N2. The normalized spacial score (nSPS) is 28.5. The van der Waals surface area contributed by atoms with Crippen LogP contribution in [0, 0.1) is 11.8 Å². The summed E-state index contributed by atoms with van der Waals surface area (Å²) < 4.78 is 0. The van der Waals surface area contributed by atoms with E-state index in [0.717, 1.165) is 24.4 Å². The molecule has 1 aliphatic heterocycles. The third-order valence-electron chi connectivity index (χ3n) is 3.44. The second-order valence-corrected chi connectivity index (χ2v) is 4.37. The van der Waals surface area contributed by atoms with Crippen molar-refractivity contribution in [3.05, 3.63) is 0 Å². The van der Waals surface area contributed by atoms with Crippen molar-refractivity contribution in [2.45, 2.75) is 32.2 Å². The van der Waals surface area contributed by atoms with Gasteiger partial charge in [0.05, 0.1) is 0 Å². The molecule has 70 valence electrons. The smallest absolute Gasteiger partial charge is 0.0246 e. The summed E-state index contributed by atoms with van der Waals surface area (Å²) in [6, 6.07) is 0.729. The molecule has 1 saturated heterocycles. The Morgan fingerprint density at radius 3 is 2.50 bits per heavy atom. The third kappa shape index (κ3) is 1.50. The third-order valence-corrected chi connectivity index (χ3v) is 3.44. The summed E-state index contributed by atoms with van der Waals surface area (Å²) in [6.45, 7) is 5.79. The van der Waals surface area contributed by atoms with Gasteiger partial charge in [-0.1, -0.05) is 13.3 Å². The van der Waals surface area contributed by atoms with Gasteiger partial charge in [-0.05, 0) is 24.7 Å². The molecule has 0 amide bonds. The Labute approximate surface area is 75.1 Å². The number of likely N-dealkylation sites (tertiary alicyclic amines) is 1. The van der Waals surface area contributed by atoms with Gasteiger partial charge in [-0.2, -0.15) is 0 Å². The SMILES string of the molecule is CCC1CN(C(CN)C2CC2)C1. The van der Waals surface area contributed by atoms with Gasteiger partial charge in [-0.15, -0.1) is 0 Å². The van der Waals surface area contributed by atoms with Crippen molar-refractivity contribution in [3.8, 4) is 0 Å². The molecule has 0 spiro atoms. The first-order chi connectivity index (χ1) is 5.85. The number of nitrogens with two attached hydrogens (primary N) is 1. The van der Waals surface area contributed by atoms with Gasteiger partial charge in [0.25, 0.3) is 0 Å². The van der Waals surface area contributed by atoms with Gasteiger partial charge < -0.3 is 5.73 Å². The average molecular weight is 168 g/mol. The topological polar surface area (TPSA) is 29.3 Å².